The first-order chi connectivity index (χ1) is 14.8. The highest BCUT2D eigenvalue weighted by atomic mass is 16.4. The molecule has 1 saturated heterocycles. The van der Waals surface area contributed by atoms with Crippen molar-refractivity contribution in [1.82, 2.24) is 9.80 Å². The zero-order valence-corrected chi connectivity index (χ0v) is 16.9. The van der Waals surface area contributed by atoms with Crippen LogP contribution < -0.4 is 0 Å². The highest BCUT2D eigenvalue weighted by Crippen LogP contribution is 2.42. The molecule has 0 saturated carbocycles. The van der Waals surface area contributed by atoms with Crippen molar-refractivity contribution in [2.75, 3.05) is 6.54 Å². The number of carbonyl (C=O) groups is 4. The molecular formula is C24H20N2O5. The molecule has 7 nitrogen and oxygen atoms in total. The van der Waals surface area contributed by atoms with E-state index in [1.54, 1.807) is 36.1 Å². The Labute approximate surface area is 179 Å². The Morgan fingerprint density at radius 1 is 1.00 bits per heavy atom. The summed E-state index contributed by atoms with van der Waals surface area (Å²) in [6, 6.07) is 15.9. The molecule has 4 rings (SSSR count). The van der Waals surface area contributed by atoms with Gasteiger partial charge in [0.1, 0.15) is 5.54 Å². The summed E-state index contributed by atoms with van der Waals surface area (Å²) in [4.78, 5) is 52.0. The molecule has 0 spiro atoms. The summed E-state index contributed by atoms with van der Waals surface area (Å²) < 4.78 is 0. The van der Waals surface area contributed by atoms with Crippen LogP contribution in [0.4, 0.5) is 0 Å². The van der Waals surface area contributed by atoms with Crippen LogP contribution in [-0.4, -0.2) is 50.7 Å². The fourth-order valence-corrected chi connectivity index (χ4v) is 4.26. The largest absolute Gasteiger partial charge is 0.472 e. The van der Waals surface area contributed by atoms with Crippen molar-refractivity contribution >= 4 is 23.7 Å². The maximum atomic E-state index is 12.7. The van der Waals surface area contributed by atoms with Crippen LogP contribution in [0.1, 0.15) is 39.6 Å². The quantitative estimate of drug-likeness (QED) is 0.458. The Bertz CT molecular complexity index is 1110. The Hall–Kier alpha value is -3.92. The molecule has 1 N–H and O–H groups in total. The minimum absolute atomic E-state index is 0.0313. The molecule has 2 atom stereocenters. The van der Waals surface area contributed by atoms with Crippen molar-refractivity contribution in [2.45, 2.75) is 25.4 Å². The predicted octanol–water partition coefficient (Wildman–Crippen LogP) is 2.18. The Morgan fingerprint density at radius 2 is 1.58 bits per heavy atom. The highest BCUT2D eigenvalue weighted by Gasteiger charge is 2.57. The van der Waals surface area contributed by atoms with Crippen LogP contribution in [0, 0.1) is 17.8 Å². The fraction of sp³-hybridized carbons (Fsp3) is 0.250. The maximum absolute atomic E-state index is 12.7. The summed E-state index contributed by atoms with van der Waals surface area (Å²) in [5.74, 6) is 2.13. The molecule has 0 aliphatic carbocycles. The number of hydrogen-bond donors (Lipinski definition) is 1. The van der Waals surface area contributed by atoms with Gasteiger partial charge in [0.05, 0.1) is 17.0 Å². The molecule has 0 bridgehead atoms. The summed E-state index contributed by atoms with van der Waals surface area (Å²) in [5, 5.41) is 9.11. The van der Waals surface area contributed by atoms with Crippen LogP contribution in [-0.2, 0) is 16.1 Å². The number of fused-ring (bicyclic) bond motifs is 1. The molecule has 1 fully saturated rings. The van der Waals surface area contributed by atoms with Gasteiger partial charge in [-0.05, 0) is 17.7 Å². The molecule has 31 heavy (non-hydrogen) atoms. The topological polar surface area (TPSA) is 95.0 Å². The van der Waals surface area contributed by atoms with Crippen molar-refractivity contribution in [1.29, 1.82) is 0 Å². The van der Waals surface area contributed by atoms with E-state index in [1.807, 2.05) is 30.3 Å². The molecule has 2 heterocycles. The number of carboxylic acid groups (broad SMARTS) is 1. The third-order valence-electron chi connectivity index (χ3n) is 6.00. The monoisotopic (exact) mass is 416 g/mol. The number of amides is 3. The second-order valence-corrected chi connectivity index (χ2v) is 7.67. The number of imide groups is 1. The van der Waals surface area contributed by atoms with Gasteiger partial charge in [0.2, 0.25) is 5.91 Å². The second kappa shape index (κ2) is 7.73. The molecule has 2 aliphatic heterocycles. The number of likely N-dealkylation sites (tertiary alicyclic amines) is 1. The lowest BCUT2D eigenvalue weighted by atomic mass is 9.71. The fourth-order valence-electron chi connectivity index (χ4n) is 4.26. The lowest BCUT2D eigenvalue weighted by Crippen LogP contribution is -2.69. The zero-order valence-electron chi connectivity index (χ0n) is 16.9. The molecule has 2 aliphatic rings. The van der Waals surface area contributed by atoms with E-state index in [9.17, 15) is 19.2 Å². The molecule has 7 heteroatoms. The second-order valence-electron chi connectivity index (χ2n) is 7.67. The summed E-state index contributed by atoms with van der Waals surface area (Å²) >= 11 is 0. The Morgan fingerprint density at radius 3 is 2.16 bits per heavy atom. The number of aliphatic carboxylic acids is 1. The van der Waals surface area contributed by atoms with Crippen LogP contribution in [0.2, 0.25) is 0 Å². The van der Waals surface area contributed by atoms with Crippen molar-refractivity contribution in [3.63, 3.8) is 0 Å². The van der Waals surface area contributed by atoms with Gasteiger partial charge in [-0.25, -0.2) is 4.79 Å². The van der Waals surface area contributed by atoms with E-state index < -0.39 is 29.2 Å². The van der Waals surface area contributed by atoms with Crippen LogP contribution in [0.25, 0.3) is 0 Å². The molecule has 0 unspecified atom stereocenters. The normalized spacial score (nSPS) is 22.0. The van der Waals surface area contributed by atoms with Gasteiger partial charge in [0, 0.05) is 25.4 Å². The average molecular weight is 416 g/mol. The van der Waals surface area contributed by atoms with Crippen molar-refractivity contribution in [3.8, 4) is 11.8 Å². The van der Waals surface area contributed by atoms with Crippen LogP contribution in [0.15, 0.2) is 54.6 Å². The van der Waals surface area contributed by atoms with E-state index >= 15 is 0 Å². The predicted molar refractivity (Wildman–Crippen MR) is 111 cm³/mol. The number of rotatable bonds is 5. The lowest BCUT2D eigenvalue weighted by Gasteiger charge is -2.54. The van der Waals surface area contributed by atoms with Crippen LogP contribution in [0.5, 0.6) is 0 Å². The number of hydrogen-bond acceptors (Lipinski definition) is 4. The van der Waals surface area contributed by atoms with Gasteiger partial charge >= 0.3 is 5.97 Å². The third-order valence-corrected chi connectivity index (χ3v) is 6.00. The standard InChI is InChI=1S/C24H20N2O5/c1-16-21(29)26(15-17-7-3-2-4-8-17)24(16,12-11-20(27)28)13-14-25-22(30)18-9-5-6-10-19(18)23(25)31/h2-10,16H,13-15H2,1H3,(H,27,28)/t16-,24+/m0/s1. The summed E-state index contributed by atoms with van der Waals surface area (Å²) in [5.41, 5.74) is 0.486. The van der Waals surface area contributed by atoms with E-state index in [0.29, 0.717) is 11.1 Å². The number of nitrogens with zero attached hydrogens (tertiary/aromatic N) is 2. The van der Waals surface area contributed by atoms with Crippen molar-refractivity contribution in [3.05, 3.63) is 71.3 Å². The first kappa shape index (κ1) is 20.4. The van der Waals surface area contributed by atoms with Gasteiger partial charge in [-0.2, -0.15) is 0 Å². The van der Waals surface area contributed by atoms with E-state index in [1.165, 1.54) is 0 Å². The van der Waals surface area contributed by atoms with E-state index in [0.717, 1.165) is 10.5 Å². The maximum Gasteiger partial charge on any atom is 0.381 e. The van der Waals surface area contributed by atoms with Gasteiger partial charge in [0.25, 0.3) is 11.8 Å². The number of β-lactam (4-membered cyclic amide) rings is 1. The molecule has 2 aromatic rings. The minimum atomic E-state index is -1.30. The summed E-state index contributed by atoms with van der Waals surface area (Å²) in [7, 11) is 0. The number of carbonyl (C=O) groups excluding carboxylic acids is 3. The van der Waals surface area contributed by atoms with Gasteiger partial charge in [-0.1, -0.05) is 55.3 Å². The molecular weight excluding hydrogens is 396 g/mol. The summed E-state index contributed by atoms with van der Waals surface area (Å²) in [6.45, 7) is 1.99. The van der Waals surface area contributed by atoms with E-state index in [4.69, 9.17) is 5.11 Å². The first-order valence-electron chi connectivity index (χ1n) is 9.92. The lowest BCUT2D eigenvalue weighted by molar-refractivity contribution is -0.164. The Balaban J connectivity index is 1.62. The zero-order chi connectivity index (χ0) is 22.2. The van der Waals surface area contributed by atoms with Gasteiger partial charge in [-0.15, -0.1) is 0 Å². The smallest absolute Gasteiger partial charge is 0.381 e. The average Bonchev–Trinajstić information content (AvgIpc) is 3.03. The van der Waals surface area contributed by atoms with Crippen molar-refractivity contribution in [2.24, 2.45) is 5.92 Å². The number of benzene rings is 2. The van der Waals surface area contributed by atoms with E-state index in [2.05, 4.69) is 11.8 Å². The van der Waals surface area contributed by atoms with Gasteiger partial charge in [0.15, 0.2) is 0 Å². The summed E-state index contributed by atoms with van der Waals surface area (Å²) in [6.07, 6.45) is 0.165. The van der Waals surface area contributed by atoms with Gasteiger partial charge < -0.3 is 10.0 Å². The molecule has 3 amide bonds. The molecule has 2 aromatic carbocycles. The van der Waals surface area contributed by atoms with Crippen LogP contribution in [0.3, 0.4) is 0 Å². The third kappa shape index (κ3) is 3.36. The highest BCUT2D eigenvalue weighted by molar-refractivity contribution is 6.21. The minimum Gasteiger partial charge on any atom is -0.472 e. The SMILES string of the molecule is C[C@H]1C(=O)N(Cc2ccccc2)[C@]1(C#CC(=O)O)CCN1C(=O)c2ccccc2C1=O. The van der Waals surface area contributed by atoms with E-state index in [-0.39, 0.29) is 25.4 Å². The molecule has 0 aromatic heterocycles. The number of carboxylic acids is 1. The van der Waals surface area contributed by atoms with Crippen molar-refractivity contribution < 1.29 is 24.3 Å². The van der Waals surface area contributed by atoms with Crippen LogP contribution >= 0.6 is 0 Å². The molecule has 0 radical (unpaired) electrons. The Kier molecular flexibility index (Phi) is 5.07. The van der Waals surface area contributed by atoms with Gasteiger partial charge in [-0.3, -0.25) is 19.3 Å². The first-order valence-corrected chi connectivity index (χ1v) is 9.92. The molecule has 156 valence electrons.